The molecule has 0 aromatic carbocycles. The number of thioether (sulfide) groups is 1. The van der Waals surface area contributed by atoms with Gasteiger partial charge < -0.3 is 4.90 Å². The van der Waals surface area contributed by atoms with E-state index in [-0.39, 0.29) is 12.2 Å². The van der Waals surface area contributed by atoms with Crippen LogP contribution in [-0.2, 0) is 4.79 Å². The fourth-order valence-corrected chi connectivity index (χ4v) is 2.33. The molecule has 3 nitrogen and oxygen atoms in total. The van der Waals surface area contributed by atoms with E-state index < -0.39 is 0 Å². The van der Waals surface area contributed by atoms with Gasteiger partial charge >= 0.3 is 0 Å². The predicted octanol–water partition coefficient (Wildman–Crippen LogP) is 1.69. The van der Waals surface area contributed by atoms with Crippen LogP contribution in [0.4, 0.5) is 0 Å². The lowest BCUT2D eigenvalue weighted by atomic mass is 10.1. The maximum absolute atomic E-state index is 12.0. The number of hydrogen-bond donors (Lipinski definition) is 1. The number of nitrogens with one attached hydrogen (secondary N) is 1. The van der Waals surface area contributed by atoms with Gasteiger partial charge in [0.1, 0.15) is 0 Å². The van der Waals surface area contributed by atoms with Gasteiger partial charge in [0.25, 0.3) is 0 Å². The smallest absolute Gasteiger partial charge is 0.241 e. The first-order valence-corrected chi connectivity index (χ1v) is 7.15. The Hall–Kier alpha value is -0.220. The zero-order valence-electron chi connectivity index (χ0n) is 9.95. The minimum Gasteiger partial charge on any atom is -0.325 e. The Bertz CT molecular complexity index is 211. The molecule has 2 atom stereocenters. The van der Waals surface area contributed by atoms with Crippen LogP contribution in [0, 0.1) is 0 Å². The second-order valence-corrected chi connectivity index (χ2v) is 5.05. The molecule has 4 heteroatoms. The maximum Gasteiger partial charge on any atom is 0.241 e. The number of carbonyl (C=O) groups is 1. The maximum atomic E-state index is 12.0. The monoisotopic (exact) mass is 230 g/mol. The Labute approximate surface area is 97.0 Å². The number of nitrogens with zero attached hydrogens (tertiary/aromatic N) is 1. The predicted molar refractivity (Wildman–Crippen MR) is 66.0 cm³/mol. The van der Waals surface area contributed by atoms with E-state index in [0.717, 1.165) is 31.6 Å². The summed E-state index contributed by atoms with van der Waals surface area (Å²) in [5.74, 6) is 1.32. The summed E-state index contributed by atoms with van der Waals surface area (Å²) in [7, 11) is 0. The highest BCUT2D eigenvalue weighted by Gasteiger charge is 2.34. The molecule has 0 saturated carbocycles. The molecule has 0 aromatic rings. The van der Waals surface area contributed by atoms with Gasteiger partial charge in [0.2, 0.25) is 5.91 Å². The van der Waals surface area contributed by atoms with Crippen LogP contribution in [-0.4, -0.2) is 41.6 Å². The van der Waals surface area contributed by atoms with Crippen molar-refractivity contribution in [1.29, 1.82) is 0 Å². The third kappa shape index (κ3) is 3.38. The molecular weight excluding hydrogens is 208 g/mol. The Morgan fingerprint density at radius 3 is 2.87 bits per heavy atom. The fourth-order valence-electron chi connectivity index (χ4n) is 1.95. The highest BCUT2D eigenvalue weighted by Crippen LogP contribution is 2.15. The molecule has 1 aliphatic rings. The lowest BCUT2D eigenvalue weighted by molar-refractivity contribution is -0.129. The van der Waals surface area contributed by atoms with Crippen LogP contribution in [0.25, 0.3) is 0 Å². The topological polar surface area (TPSA) is 32.3 Å². The van der Waals surface area contributed by atoms with Crippen molar-refractivity contribution >= 4 is 17.7 Å². The lowest BCUT2D eigenvalue weighted by Gasteiger charge is -2.19. The number of rotatable bonds is 6. The van der Waals surface area contributed by atoms with E-state index in [1.807, 2.05) is 4.90 Å². The SMILES string of the molecule is CCCCC1NC(C)N(CCSC)C1=O. The van der Waals surface area contributed by atoms with Gasteiger partial charge in [-0.25, -0.2) is 0 Å². The molecule has 2 unspecified atom stereocenters. The quantitative estimate of drug-likeness (QED) is 0.753. The van der Waals surface area contributed by atoms with Crippen LogP contribution in [0.15, 0.2) is 0 Å². The lowest BCUT2D eigenvalue weighted by Crippen LogP contribution is -2.36. The molecule has 1 aliphatic heterocycles. The summed E-state index contributed by atoms with van der Waals surface area (Å²) < 4.78 is 0. The van der Waals surface area contributed by atoms with E-state index >= 15 is 0 Å². The molecule has 0 radical (unpaired) electrons. The Balaban J connectivity index is 2.42. The van der Waals surface area contributed by atoms with Crippen LogP contribution in [0.2, 0.25) is 0 Å². The van der Waals surface area contributed by atoms with Gasteiger partial charge in [-0.3, -0.25) is 10.1 Å². The standard InChI is InChI=1S/C11H22N2OS/c1-4-5-6-10-11(14)13(7-8-15-3)9(2)12-10/h9-10,12H,4-8H2,1-3H3. The Kier molecular flexibility index (Phi) is 5.47. The number of unbranched alkanes of at least 4 members (excludes halogenated alkanes) is 1. The van der Waals surface area contributed by atoms with E-state index in [1.165, 1.54) is 0 Å². The fraction of sp³-hybridized carbons (Fsp3) is 0.909. The third-order valence-corrected chi connectivity index (χ3v) is 3.46. The second-order valence-electron chi connectivity index (χ2n) is 4.06. The normalized spacial score (nSPS) is 26.3. The molecular formula is C11H22N2OS. The zero-order chi connectivity index (χ0) is 11.3. The molecule has 1 saturated heterocycles. The minimum absolute atomic E-state index is 0.0711. The molecule has 15 heavy (non-hydrogen) atoms. The van der Waals surface area contributed by atoms with E-state index in [9.17, 15) is 4.79 Å². The van der Waals surface area contributed by atoms with Gasteiger partial charge in [0.15, 0.2) is 0 Å². The van der Waals surface area contributed by atoms with Gasteiger partial charge in [-0.05, 0) is 19.6 Å². The average molecular weight is 230 g/mol. The van der Waals surface area contributed by atoms with Crippen molar-refractivity contribution in [1.82, 2.24) is 10.2 Å². The van der Waals surface area contributed by atoms with E-state index in [1.54, 1.807) is 11.8 Å². The number of amides is 1. The summed E-state index contributed by atoms with van der Waals surface area (Å²) in [5.41, 5.74) is 0. The summed E-state index contributed by atoms with van der Waals surface area (Å²) in [6.45, 7) is 5.11. The Morgan fingerprint density at radius 2 is 2.27 bits per heavy atom. The molecule has 1 fully saturated rings. The first-order valence-electron chi connectivity index (χ1n) is 5.76. The highest BCUT2D eigenvalue weighted by molar-refractivity contribution is 7.98. The van der Waals surface area contributed by atoms with E-state index in [2.05, 4.69) is 25.4 Å². The van der Waals surface area contributed by atoms with Gasteiger partial charge in [0, 0.05) is 12.3 Å². The average Bonchev–Trinajstić information content (AvgIpc) is 2.49. The first kappa shape index (κ1) is 12.8. The number of carbonyl (C=O) groups excluding carboxylic acids is 1. The van der Waals surface area contributed by atoms with Gasteiger partial charge in [-0.15, -0.1) is 0 Å². The molecule has 1 heterocycles. The summed E-state index contributed by atoms with van der Waals surface area (Å²) in [6, 6.07) is 0.0711. The van der Waals surface area contributed by atoms with Crippen molar-refractivity contribution in [2.75, 3.05) is 18.6 Å². The van der Waals surface area contributed by atoms with Crippen LogP contribution >= 0.6 is 11.8 Å². The summed E-state index contributed by atoms with van der Waals surface area (Å²) in [5, 5.41) is 3.36. The van der Waals surface area contributed by atoms with Crippen LogP contribution in [0.1, 0.15) is 33.1 Å². The molecule has 0 aromatic heterocycles. The van der Waals surface area contributed by atoms with Crippen LogP contribution in [0.3, 0.4) is 0 Å². The molecule has 0 spiro atoms. The highest BCUT2D eigenvalue weighted by atomic mass is 32.2. The second kappa shape index (κ2) is 6.38. The van der Waals surface area contributed by atoms with Crippen molar-refractivity contribution in [3.8, 4) is 0 Å². The first-order chi connectivity index (χ1) is 7.20. The van der Waals surface area contributed by atoms with Crippen molar-refractivity contribution in [3.63, 3.8) is 0 Å². The van der Waals surface area contributed by atoms with Gasteiger partial charge in [0.05, 0.1) is 12.2 Å². The van der Waals surface area contributed by atoms with Crippen molar-refractivity contribution < 1.29 is 4.79 Å². The van der Waals surface area contributed by atoms with Crippen molar-refractivity contribution in [2.24, 2.45) is 0 Å². The van der Waals surface area contributed by atoms with Gasteiger partial charge in [-0.2, -0.15) is 11.8 Å². The molecule has 1 amide bonds. The van der Waals surface area contributed by atoms with E-state index in [0.29, 0.717) is 5.91 Å². The third-order valence-electron chi connectivity index (χ3n) is 2.87. The summed E-state index contributed by atoms with van der Waals surface area (Å²) in [4.78, 5) is 14.0. The molecule has 0 aliphatic carbocycles. The van der Waals surface area contributed by atoms with E-state index in [4.69, 9.17) is 0 Å². The number of hydrogen-bond acceptors (Lipinski definition) is 3. The zero-order valence-corrected chi connectivity index (χ0v) is 10.8. The summed E-state index contributed by atoms with van der Waals surface area (Å²) in [6.07, 6.45) is 5.56. The molecule has 88 valence electrons. The molecule has 1 N–H and O–H groups in total. The van der Waals surface area contributed by atoms with Gasteiger partial charge in [-0.1, -0.05) is 19.8 Å². The molecule has 0 bridgehead atoms. The summed E-state index contributed by atoms with van der Waals surface area (Å²) >= 11 is 1.79. The minimum atomic E-state index is 0.0711. The van der Waals surface area contributed by atoms with Crippen molar-refractivity contribution in [2.45, 2.75) is 45.3 Å². The molecule has 1 rings (SSSR count). The van der Waals surface area contributed by atoms with Crippen LogP contribution in [0.5, 0.6) is 0 Å². The van der Waals surface area contributed by atoms with Crippen LogP contribution < -0.4 is 5.32 Å². The Morgan fingerprint density at radius 1 is 1.53 bits per heavy atom. The largest absolute Gasteiger partial charge is 0.325 e. The van der Waals surface area contributed by atoms with Crippen molar-refractivity contribution in [3.05, 3.63) is 0 Å².